The summed E-state index contributed by atoms with van der Waals surface area (Å²) < 4.78 is 37.5. The molecule has 0 aliphatic rings. The zero-order valence-corrected chi connectivity index (χ0v) is 9.89. The second-order valence-corrected chi connectivity index (χ2v) is 4.55. The SMILES string of the molecule is O=C(Cc1cccc(C(F)(F)F)c1)c1cncs1. The number of rotatable bonds is 3. The van der Waals surface area contributed by atoms with E-state index in [0.717, 1.165) is 12.1 Å². The molecule has 0 aliphatic heterocycles. The number of Topliss-reactive ketones (excluding diaryl/α,β-unsaturated/α-hetero) is 1. The van der Waals surface area contributed by atoms with E-state index < -0.39 is 11.7 Å². The van der Waals surface area contributed by atoms with E-state index >= 15 is 0 Å². The van der Waals surface area contributed by atoms with Crippen molar-refractivity contribution >= 4 is 17.1 Å². The number of alkyl halides is 3. The summed E-state index contributed by atoms with van der Waals surface area (Å²) in [6.07, 6.45) is -3.02. The van der Waals surface area contributed by atoms with E-state index in [1.165, 1.54) is 35.2 Å². The quantitative estimate of drug-likeness (QED) is 0.798. The van der Waals surface area contributed by atoms with Crippen LogP contribution >= 0.6 is 11.3 Å². The largest absolute Gasteiger partial charge is 0.416 e. The highest BCUT2D eigenvalue weighted by Gasteiger charge is 2.30. The Hall–Kier alpha value is -1.69. The van der Waals surface area contributed by atoms with E-state index in [4.69, 9.17) is 0 Å². The maximum absolute atomic E-state index is 12.5. The molecule has 0 saturated carbocycles. The first-order valence-corrected chi connectivity index (χ1v) is 5.92. The molecular weight excluding hydrogens is 263 g/mol. The molecule has 6 heteroatoms. The van der Waals surface area contributed by atoms with Gasteiger partial charge in [0.25, 0.3) is 0 Å². The third-order valence-corrected chi connectivity index (χ3v) is 3.14. The number of halogens is 3. The van der Waals surface area contributed by atoms with Gasteiger partial charge in [0.15, 0.2) is 5.78 Å². The van der Waals surface area contributed by atoms with Gasteiger partial charge >= 0.3 is 6.18 Å². The average molecular weight is 271 g/mol. The Bertz CT molecular complexity index is 549. The summed E-state index contributed by atoms with van der Waals surface area (Å²) >= 11 is 1.18. The topological polar surface area (TPSA) is 30.0 Å². The van der Waals surface area contributed by atoms with Gasteiger partial charge in [0.2, 0.25) is 0 Å². The fourth-order valence-electron chi connectivity index (χ4n) is 1.48. The molecule has 1 aromatic heterocycles. The number of ketones is 1. The minimum absolute atomic E-state index is 0.0495. The Morgan fingerprint density at radius 2 is 2.11 bits per heavy atom. The molecule has 0 N–H and O–H groups in total. The summed E-state index contributed by atoms with van der Waals surface area (Å²) in [6, 6.07) is 4.80. The second-order valence-electron chi connectivity index (χ2n) is 3.66. The molecule has 0 amide bonds. The van der Waals surface area contributed by atoms with Crippen molar-refractivity contribution in [3.8, 4) is 0 Å². The molecule has 0 unspecified atom stereocenters. The monoisotopic (exact) mass is 271 g/mol. The molecule has 94 valence electrons. The standard InChI is InChI=1S/C12H8F3NOS/c13-12(14,15)9-3-1-2-8(4-9)5-10(17)11-6-16-7-18-11/h1-4,6-7H,5H2. The zero-order valence-electron chi connectivity index (χ0n) is 9.07. The fraction of sp³-hybridized carbons (Fsp3) is 0.167. The number of carbonyl (C=O) groups is 1. The number of carbonyl (C=O) groups excluding carboxylic acids is 1. The molecule has 0 aliphatic carbocycles. The van der Waals surface area contributed by atoms with Gasteiger partial charge in [-0.25, -0.2) is 0 Å². The van der Waals surface area contributed by atoms with Crippen molar-refractivity contribution in [2.24, 2.45) is 0 Å². The molecule has 0 spiro atoms. The van der Waals surface area contributed by atoms with Gasteiger partial charge in [-0.2, -0.15) is 13.2 Å². The lowest BCUT2D eigenvalue weighted by molar-refractivity contribution is -0.137. The Morgan fingerprint density at radius 3 is 2.72 bits per heavy atom. The maximum atomic E-state index is 12.5. The second kappa shape index (κ2) is 4.89. The molecule has 2 aromatic rings. The van der Waals surface area contributed by atoms with Crippen LogP contribution in [0.5, 0.6) is 0 Å². The van der Waals surface area contributed by atoms with Crippen LogP contribution in [0.2, 0.25) is 0 Å². The summed E-state index contributed by atoms with van der Waals surface area (Å²) in [7, 11) is 0. The van der Waals surface area contributed by atoms with Gasteiger partial charge in [0, 0.05) is 12.6 Å². The van der Waals surface area contributed by atoms with Gasteiger partial charge in [0.1, 0.15) is 0 Å². The minimum Gasteiger partial charge on any atom is -0.293 e. The van der Waals surface area contributed by atoms with Crippen LogP contribution in [0, 0.1) is 0 Å². The molecule has 0 atom stereocenters. The number of benzene rings is 1. The van der Waals surface area contributed by atoms with Crippen LogP contribution in [-0.4, -0.2) is 10.8 Å². The van der Waals surface area contributed by atoms with Crippen molar-refractivity contribution < 1.29 is 18.0 Å². The molecule has 0 fully saturated rings. The van der Waals surface area contributed by atoms with E-state index in [9.17, 15) is 18.0 Å². The first-order chi connectivity index (χ1) is 8.47. The molecule has 2 nitrogen and oxygen atoms in total. The van der Waals surface area contributed by atoms with Crippen molar-refractivity contribution in [3.05, 3.63) is 52.0 Å². The Balaban J connectivity index is 2.18. The average Bonchev–Trinajstić information content (AvgIpc) is 2.81. The van der Waals surface area contributed by atoms with Crippen molar-refractivity contribution in [2.75, 3.05) is 0 Å². The number of hydrogen-bond donors (Lipinski definition) is 0. The summed E-state index contributed by atoms with van der Waals surface area (Å²) in [5, 5.41) is 0. The van der Waals surface area contributed by atoms with Crippen molar-refractivity contribution in [2.45, 2.75) is 12.6 Å². The number of thiazole rings is 1. The predicted octanol–water partition coefficient (Wildman–Crippen LogP) is 3.59. The van der Waals surface area contributed by atoms with Crippen LogP contribution in [0.25, 0.3) is 0 Å². The zero-order chi connectivity index (χ0) is 13.2. The van der Waals surface area contributed by atoms with Crippen LogP contribution in [0.4, 0.5) is 13.2 Å². The lowest BCUT2D eigenvalue weighted by atomic mass is 10.1. The predicted molar refractivity (Wildman–Crippen MR) is 61.6 cm³/mol. The summed E-state index contributed by atoms with van der Waals surface area (Å²) in [5.74, 6) is -0.225. The van der Waals surface area contributed by atoms with Gasteiger partial charge in [-0.3, -0.25) is 9.78 Å². The lowest BCUT2D eigenvalue weighted by Gasteiger charge is -2.07. The van der Waals surface area contributed by atoms with Gasteiger partial charge in [-0.1, -0.05) is 18.2 Å². The molecule has 18 heavy (non-hydrogen) atoms. The Morgan fingerprint density at radius 1 is 1.33 bits per heavy atom. The van der Waals surface area contributed by atoms with E-state index in [2.05, 4.69) is 4.98 Å². The summed E-state index contributed by atoms with van der Waals surface area (Å²) in [5.41, 5.74) is 1.12. The van der Waals surface area contributed by atoms with Crippen LogP contribution in [-0.2, 0) is 12.6 Å². The van der Waals surface area contributed by atoms with Gasteiger partial charge < -0.3 is 0 Å². The van der Waals surface area contributed by atoms with Crippen molar-refractivity contribution in [1.29, 1.82) is 0 Å². The smallest absolute Gasteiger partial charge is 0.293 e. The van der Waals surface area contributed by atoms with Crippen LogP contribution < -0.4 is 0 Å². The van der Waals surface area contributed by atoms with E-state index in [-0.39, 0.29) is 12.2 Å². The highest BCUT2D eigenvalue weighted by atomic mass is 32.1. The third kappa shape index (κ3) is 2.95. The number of nitrogens with zero attached hydrogens (tertiary/aromatic N) is 1. The summed E-state index contributed by atoms with van der Waals surface area (Å²) in [6.45, 7) is 0. The molecule has 2 rings (SSSR count). The molecular formula is C12H8F3NOS. The molecule has 0 saturated heterocycles. The summed E-state index contributed by atoms with van der Waals surface area (Å²) in [4.78, 5) is 15.9. The van der Waals surface area contributed by atoms with E-state index in [1.54, 1.807) is 0 Å². The molecule has 0 bridgehead atoms. The minimum atomic E-state index is -4.39. The number of hydrogen-bond acceptors (Lipinski definition) is 3. The third-order valence-electron chi connectivity index (χ3n) is 2.33. The van der Waals surface area contributed by atoms with E-state index in [0.29, 0.717) is 10.4 Å². The normalized spacial score (nSPS) is 11.5. The van der Waals surface area contributed by atoms with Crippen molar-refractivity contribution in [3.63, 3.8) is 0 Å². The van der Waals surface area contributed by atoms with Gasteiger partial charge in [0.05, 0.1) is 16.0 Å². The van der Waals surface area contributed by atoms with Gasteiger partial charge in [-0.05, 0) is 11.6 Å². The Labute approximate surface area is 105 Å². The fourth-order valence-corrected chi connectivity index (χ4v) is 2.04. The van der Waals surface area contributed by atoms with Crippen molar-refractivity contribution in [1.82, 2.24) is 4.98 Å². The highest BCUT2D eigenvalue weighted by molar-refractivity contribution is 7.11. The first-order valence-electron chi connectivity index (χ1n) is 5.04. The molecule has 1 aromatic carbocycles. The molecule has 1 heterocycles. The van der Waals surface area contributed by atoms with Crippen LogP contribution in [0.3, 0.4) is 0 Å². The van der Waals surface area contributed by atoms with Gasteiger partial charge in [-0.15, -0.1) is 11.3 Å². The molecule has 0 radical (unpaired) electrons. The lowest BCUT2D eigenvalue weighted by Crippen LogP contribution is -2.07. The maximum Gasteiger partial charge on any atom is 0.416 e. The van der Waals surface area contributed by atoms with Crippen LogP contribution in [0.15, 0.2) is 36.0 Å². The Kier molecular flexibility index (Phi) is 3.47. The highest BCUT2D eigenvalue weighted by Crippen LogP contribution is 2.29. The van der Waals surface area contributed by atoms with E-state index in [1.807, 2.05) is 0 Å². The first kappa shape index (κ1) is 12.8. The number of aromatic nitrogens is 1. The van der Waals surface area contributed by atoms with Crippen LogP contribution in [0.1, 0.15) is 20.8 Å².